The highest BCUT2D eigenvalue weighted by Crippen LogP contribution is 2.13. The first kappa shape index (κ1) is 25.2. The Balaban J connectivity index is 0.00000420. The number of aliphatic imine (C=N–C) groups is 1. The van der Waals surface area contributed by atoms with Gasteiger partial charge in [0.05, 0.1) is 0 Å². The molecule has 0 atom stereocenters. The molecule has 29 heavy (non-hydrogen) atoms. The van der Waals surface area contributed by atoms with Gasteiger partial charge in [0.2, 0.25) is 0 Å². The molecule has 0 spiro atoms. The van der Waals surface area contributed by atoms with Gasteiger partial charge in [0.1, 0.15) is 5.75 Å². The van der Waals surface area contributed by atoms with Gasteiger partial charge >= 0.3 is 0 Å². The topological polar surface area (TPSA) is 78.0 Å². The number of rotatable bonds is 9. The second kappa shape index (κ2) is 14.2. The molecule has 2 rings (SSSR count). The fourth-order valence-corrected chi connectivity index (χ4v) is 3.16. The number of amides is 1. The lowest BCUT2D eigenvalue weighted by atomic mass is 10.1. The van der Waals surface area contributed by atoms with Gasteiger partial charge in [-0.2, -0.15) is 0 Å². The number of halogens is 1. The van der Waals surface area contributed by atoms with Crippen molar-refractivity contribution in [3.05, 3.63) is 42.5 Å². The molecule has 0 radical (unpaired) electrons. The highest BCUT2D eigenvalue weighted by molar-refractivity contribution is 14.0. The van der Waals surface area contributed by atoms with Crippen LogP contribution >= 0.6 is 24.0 Å². The molecule has 0 aliphatic carbocycles. The van der Waals surface area contributed by atoms with Crippen LogP contribution in [0.5, 0.6) is 5.75 Å². The molecule has 1 saturated heterocycles. The van der Waals surface area contributed by atoms with E-state index in [1.165, 1.54) is 0 Å². The maximum atomic E-state index is 11.5. The first-order valence-electron chi connectivity index (χ1n) is 9.93. The summed E-state index contributed by atoms with van der Waals surface area (Å²) in [4.78, 5) is 18.3. The summed E-state index contributed by atoms with van der Waals surface area (Å²) in [5, 5.41) is 9.58. The zero-order chi connectivity index (χ0) is 20.2. The van der Waals surface area contributed by atoms with Crippen LogP contribution in [-0.4, -0.2) is 62.6 Å². The molecule has 1 aliphatic heterocycles. The van der Waals surface area contributed by atoms with Crippen LogP contribution in [0.4, 0.5) is 0 Å². The van der Waals surface area contributed by atoms with E-state index in [1.807, 2.05) is 37.3 Å². The Morgan fingerprint density at radius 1 is 1.34 bits per heavy atom. The number of carbonyl (C=O) groups is 1. The SMILES string of the molecule is C=CCN1CCC(NC(=NC)NCc2cccc(OCC(=O)NCC)c2)CC1.I. The Labute approximate surface area is 191 Å². The minimum Gasteiger partial charge on any atom is -0.484 e. The summed E-state index contributed by atoms with van der Waals surface area (Å²) in [6, 6.07) is 8.17. The highest BCUT2D eigenvalue weighted by atomic mass is 127. The fourth-order valence-electron chi connectivity index (χ4n) is 3.16. The first-order valence-corrected chi connectivity index (χ1v) is 9.93. The van der Waals surface area contributed by atoms with Crippen LogP contribution in [-0.2, 0) is 11.3 Å². The van der Waals surface area contributed by atoms with Crippen molar-refractivity contribution in [2.45, 2.75) is 32.4 Å². The maximum absolute atomic E-state index is 11.5. The molecule has 0 unspecified atom stereocenters. The van der Waals surface area contributed by atoms with Gasteiger partial charge in [-0.05, 0) is 37.5 Å². The Kier molecular flexibility index (Phi) is 12.4. The van der Waals surface area contributed by atoms with Crippen molar-refractivity contribution in [2.75, 3.05) is 39.8 Å². The minimum atomic E-state index is -0.116. The smallest absolute Gasteiger partial charge is 0.257 e. The Morgan fingerprint density at radius 3 is 2.76 bits per heavy atom. The fraction of sp³-hybridized carbons (Fsp3) is 0.524. The van der Waals surface area contributed by atoms with Crippen molar-refractivity contribution >= 4 is 35.8 Å². The van der Waals surface area contributed by atoms with E-state index in [0.29, 0.717) is 24.9 Å². The zero-order valence-electron chi connectivity index (χ0n) is 17.4. The van der Waals surface area contributed by atoms with Gasteiger partial charge in [-0.1, -0.05) is 18.2 Å². The number of nitrogens with zero attached hydrogens (tertiary/aromatic N) is 2. The molecule has 8 heteroatoms. The molecule has 1 heterocycles. The molecule has 3 N–H and O–H groups in total. The standard InChI is InChI=1S/C21H33N5O2.HI/c1-4-11-26-12-9-18(10-13-26)25-21(22-3)24-15-17-7-6-8-19(14-17)28-16-20(27)23-5-2;/h4,6-8,14,18H,1,5,9-13,15-16H2,2-3H3,(H,23,27)(H2,22,24,25);1H. The van der Waals surface area contributed by atoms with Gasteiger partial charge in [-0.25, -0.2) is 0 Å². The van der Waals surface area contributed by atoms with E-state index in [4.69, 9.17) is 4.74 Å². The van der Waals surface area contributed by atoms with Gasteiger partial charge in [0.15, 0.2) is 12.6 Å². The summed E-state index contributed by atoms with van der Waals surface area (Å²) in [6.45, 7) is 10.1. The molecule has 1 aliphatic rings. The highest BCUT2D eigenvalue weighted by Gasteiger charge is 2.19. The van der Waals surface area contributed by atoms with E-state index >= 15 is 0 Å². The Bertz CT molecular complexity index is 660. The van der Waals surface area contributed by atoms with Crippen LogP contribution in [0, 0.1) is 0 Å². The van der Waals surface area contributed by atoms with E-state index in [1.54, 1.807) is 7.05 Å². The molecule has 1 aromatic carbocycles. The van der Waals surface area contributed by atoms with Gasteiger partial charge in [0, 0.05) is 45.8 Å². The van der Waals surface area contributed by atoms with Crippen LogP contribution in [0.15, 0.2) is 41.9 Å². The number of benzene rings is 1. The lowest BCUT2D eigenvalue weighted by molar-refractivity contribution is -0.122. The van der Waals surface area contributed by atoms with E-state index in [2.05, 4.69) is 32.4 Å². The molecule has 1 amide bonds. The maximum Gasteiger partial charge on any atom is 0.257 e. The average Bonchev–Trinajstić information content (AvgIpc) is 2.71. The number of ether oxygens (including phenoxy) is 1. The van der Waals surface area contributed by atoms with Crippen LogP contribution in [0.2, 0.25) is 0 Å². The van der Waals surface area contributed by atoms with E-state index in [0.717, 1.165) is 44.0 Å². The lowest BCUT2D eigenvalue weighted by Crippen LogP contribution is -2.48. The molecule has 1 aromatic rings. The van der Waals surface area contributed by atoms with Crippen molar-refractivity contribution in [3.8, 4) is 5.75 Å². The van der Waals surface area contributed by atoms with Gasteiger partial charge in [0.25, 0.3) is 5.91 Å². The molecule has 1 fully saturated rings. The third-order valence-electron chi connectivity index (χ3n) is 4.64. The monoisotopic (exact) mass is 515 g/mol. The third kappa shape index (κ3) is 9.49. The van der Waals surface area contributed by atoms with Crippen molar-refractivity contribution in [1.29, 1.82) is 0 Å². The third-order valence-corrected chi connectivity index (χ3v) is 4.64. The zero-order valence-corrected chi connectivity index (χ0v) is 19.8. The molecule has 0 saturated carbocycles. The van der Waals surface area contributed by atoms with Crippen LogP contribution < -0.4 is 20.7 Å². The number of hydrogen-bond acceptors (Lipinski definition) is 4. The number of guanidine groups is 1. The summed E-state index contributed by atoms with van der Waals surface area (Å²) in [6.07, 6.45) is 4.15. The first-order chi connectivity index (χ1) is 13.6. The number of hydrogen-bond donors (Lipinski definition) is 3. The molecule has 7 nitrogen and oxygen atoms in total. The number of likely N-dealkylation sites (N-methyl/N-ethyl adjacent to an activating group) is 1. The molecule has 162 valence electrons. The van der Waals surface area contributed by atoms with Gasteiger partial charge in [-0.3, -0.25) is 14.7 Å². The van der Waals surface area contributed by atoms with Crippen LogP contribution in [0.25, 0.3) is 0 Å². The Morgan fingerprint density at radius 2 is 2.10 bits per heavy atom. The number of piperidine rings is 1. The average molecular weight is 515 g/mol. The van der Waals surface area contributed by atoms with Gasteiger partial charge < -0.3 is 20.7 Å². The molecular formula is C21H34IN5O2. The quantitative estimate of drug-likeness (QED) is 0.203. The Hall–Kier alpha value is -1.81. The second-order valence-electron chi connectivity index (χ2n) is 6.82. The van der Waals surface area contributed by atoms with E-state index < -0.39 is 0 Å². The van der Waals surface area contributed by atoms with Crippen LogP contribution in [0.3, 0.4) is 0 Å². The number of likely N-dealkylation sites (tertiary alicyclic amines) is 1. The predicted molar refractivity (Wildman–Crippen MR) is 129 cm³/mol. The number of nitrogens with one attached hydrogen (secondary N) is 3. The number of carbonyl (C=O) groups excluding carboxylic acids is 1. The summed E-state index contributed by atoms with van der Waals surface area (Å²) >= 11 is 0. The van der Waals surface area contributed by atoms with Crippen molar-refractivity contribution in [2.24, 2.45) is 4.99 Å². The van der Waals surface area contributed by atoms with Crippen LogP contribution in [0.1, 0.15) is 25.3 Å². The lowest BCUT2D eigenvalue weighted by Gasteiger charge is -2.32. The summed E-state index contributed by atoms with van der Waals surface area (Å²) in [5.74, 6) is 1.37. The van der Waals surface area contributed by atoms with E-state index in [-0.39, 0.29) is 36.5 Å². The van der Waals surface area contributed by atoms with Gasteiger partial charge in [-0.15, -0.1) is 30.6 Å². The molecular weight excluding hydrogens is 481 g/mol. The second-order valence-corrected chi connectivity index (χ2v) is 6.82. The van der Waals surface area contributed by atoms with E-state index in [9.17, 15) is 4.79 Å². The summed E-state index contributed by atoms with van der Waals surface area (Å²) in [7, 11) is 1.79. The summed E-state index contributed by atoms with van der Waals surface area (Å²) < 4.78 is 5.55. The molecule has 0 bridgehead atoms. The van der Waals surface area contributed by atoms with Crippen molar-refractivity contribution in [1.82, 2.24) is 20.9 Å². The normalized spacial score (nSPS) is 15.2. The minimum absolute atomic E-state index is 0. The predicted octanol–water partition coefficient (Wildman–Crippen LogP) is 2.13. The van der Waals surface area contributed by atoms with Crippen molar-refractivity contribution in [3.63, 3.8) is 0 Å². The largest absolute Gasteiger partial charge is 0.484 e. The summed E-state index contributed by atoms with van der Waals surface area (Å²) in [5.41, 5.74) is 1.07. The molecule has 0 aromatic heterocycles. The van der Waals surface area contributed by atoms with Crippen molar-refractivity contribution < 1.29 is 9.53 Å².